The number of ether oxygens (including phenoxy) is 1. The van der Waals surface area contributed by atoms with Crippen molar-refractivity contribution in [2.75, 3.05) is 45.8 Å². The van der Waals surface area contributed by atoms with Gasteiger partial charge in [0.2, 0.25) is 11.8 Å². The molecule has 2 saturated heterocycles. The Hall–Kier alpha value is -3.57. The maximum absolute atomic E-state index is 12.8. The highest BCUT2D eigenvalue weighted by Crippen LogP contribution is 2.33. The summed E-state index contributed by atoms with van der Waals surface area (Å²) < 4.78 is 26.5. The lowest BCUT2D eigenvalue weighted by molar-refractivity contribution is -0.139. The first-order valence-electron chi connectivity index (χ1n) is 19.2. The zero-order valence-electron chi connectivity index (χ0n) is 32.2. The van der Waals surface area contributed by atoms with E-state index in [1.165, 1.54) is 12.1 Å². The van der Waals surface area contributed by atoms with Crippen LogP contribution in [0.25, 0.3) is 10.9 Å². The lowest BCUT2D eigenvalue weighted by Crippen LogP contribution is -2.59. The maximum Gasteiger partial charge on any atom is 0.242 e. The van der Waals surface area contributed by atoms with Gasteiger partial charge in [0.05, 0.1) is 21.5 Å². The van der Waals surface area contributed by atoms with Crippen molar-refractivity contribution in [2.45, 2.75) is 94.3 Å². The molecule has 1 unspecified atom stereocenters. The number of aromatic nitrogens is 1. The number of para-hydroxylation sites is 1. The molecule has 1 aliphatic carbocycles. The van der Waals surface area contributed by atoms with Gasteiger partial charge in [-0.3, -0.25) is 19.5 Å². The molecular formula is C39H55Cl2N9O5S. The minimum absolute atomic E-state index is 0.00886. The molecule has 3 fully saturated rings. The van der Waals surface area contributed by atoms with Gasteiger partial charge in [0.25, 0.3) is 0 Å². The van der Waals surface area contributed by atoms with Gasteiger partial charge < -0.3 is 42.0 Å². The topological polar surface area (TPSA) is 220 Å². The second kappa shape index (κ2) is 19.7. The van der Waals surface area contributed by atoms with Crippen LogP contribution in [-0.4, -0.2) is 110 Å². The molecular weight excluding hydrogens is 777 g/mol. The van der Waals surface area contributed by atoms with Crippen LogP contribution in [0.2, 0.25) is 10.0 Å². The smallest absolute Gasteiger partial charge is 0.242 e. The first-order valence-corrected chi connectivity index (χ1v) is 21.0. The lowest BCUT2D eigenvalue weighted by atomic mass is 9.94. The average molecular weight is 833 g/mol. The van der Waals surface area contributed by atoms with Crippen LogP contribution < -0.4 is 27.7 Å². The van der Waals surface area contributed by atoms with Crippen LogP contribution in [0.5, 0.6) is 5.75 Å². The number of rotatable bonds is 11. The number of pyridine rings is 1. The van der Waals surface area contributed by atoms with Crippen molar-refractivity contribution in [1.82, 2.24) is 19.7 Å². The largest absolute Gasteiger partial charge is 0.487 e. The van der Waals surface area contributed by atoms with E-state index in [9.17, 15) is 18.4 Å². The normalized spacial score (nSPS) is 18.6. The number of fused-ring (bicyclic) bond motifs is 1. The zero-order chi connectivity index (χ0) is 40.6. The average Bonchev–Trinajstić information content (AvgIpc) is 3.63. The van der Waals surface area contributed by atoms with Crippen LogP contribution in [0.15, 0.2) is 46.3 Å². The molecule has 9 N–H and O–H groups in total. The summed E-state index contributed by atoms with van der Waals surface area (Å²) in [5, 5.41) is 1.51. The van der Waals surface area contributed by atoms with Crippen molar-refractivity contribution in [3.63, 3.8) is 0 Å². The summed E-state index contributed by atoms with van der Waals surface area (Å²) in [4.78, 5) is 40.4. The van der Waals surface area contributed by atoms with Gasteiger partial charge in [-0.25, -0.2) is 9.19 Å². The Morgan fingerprint density at radius 3 is 2.36 bits per heavy atom. The van der Waals surface area contributed by atoms with Crippen LogP contribution >= 0.6 is 23.2 Å². The van der Waals surface area contributed by atoms with Gasteiger partial charge in [-0.2, -0.15) is 0 Å². The fourth-order valence-corrected chi connectivity index (χ4v) is 8.96. The molecule has 1 aromatic heterocycles. The van der Waals surface area contributed by atoms with Crippen molar-refractivity contribution in [1.29, 1.82) is 0 Å². The summed E-state index contributed by atoms with van der Waals surface area (Å²) in [7, 11) is 0. The number of piperidine rings is 1. The van der Waals surface area contributed by atoms with Crippen LogP contribution in [0, 0.1) is 13.8 Å². The van der Waals surface area contributed by atoms with Gasteiger partial charge in [0.1, 0.15) is 17.9 Å². The van der Waals surface area contributed by atoms with Gasteiger partial charge in [-0.15, -0.1) is 0 Å². The molecule has 1 saturated carbocycles. The van der Waals surface area contributed by atoms with E-state index in [4.69, 9.17) is 50.9 Å². The van der Waals surface area contributed by atoms with Crippen LogP contribution in [0.3, 0.4) is 0 Å². The van der Waals surface area contributed by atoms with Crippen molar-refractivity contribution in [3.8, 4) is 5.75 Å². The molecule has 3 aliphatic rings. The number of nitrogens with two attached hydrogens (primary N) is 4. The van der Waals surface area contributed by atoms with E-state index in [1.54, 1.807) is 0 Å². The summed E-state index contributed by atoms with van der Waals surface area (Å²) in [5.74, 6) is 0.821. The predicted octanol–water partition coefficient (Wildman–Crippen LogP) is 4.09. The van der Waals surface area contributed by atoms with E-state index in [1.807, 2.05) is 47.9 Å². The molecule has 0 radical (unpaired) electrons. The quantitative estimate of drug-likeness (QED) is 0.0802. The van der Waals surface area contributed by atoms with Crippen LogP contribution in [0.1, 0.15) is 68.2 Å². The third-order valence-corrected chi connectivity index (χ3v) is 12.6. The molecule has 0 bridgehead atoms. The second-order valence-electron chi connectivity index (χ2n) is 14.9. The number of likely N-dealkylation sites (tertiary alicyclic amines) is 1. The molecule has 2 aromatic carbocycles. The van der Waals surface area contributed by atoms with Crippen molar-refractivity contribution in [2.24, 2.45) is 27.9 Å². The molecule has 3 heterocycles. The SMILES string of the molecule is Cc1cc(C)c2cccc(OCc3c(Cl)ccc(S(=O)O)c3Cl)c2n1.NC(N)=NCCC[C@H](N)C(=O)N1CCN(C2CCN(C(=O)C3(N)CCCC3)CC2)CC1. The van der Waals surface area contributed by atoms with Crippen LogP contribution in [-0.2, 0) is 27.3 Å². The number of carbonyl (C=O) groups excluding carboxylic acids is 2. The van der Waals surface area contributed by atoms with Gasteiger partial charge in [0.15, 0.2) is 17.0 Å². The molecule has 2 amide bonds. The Balaban J connectivity index is 0.000000219. The molecule has 3 aromatic rings. The van der Waals surface area contributed by atoms with Gasteiger partial charge in [0, 0.05) is 73.5 Å². The molecule has 14 nitrogen and oxygen atoms in total. The maximum atomic E-state index is 12.8. The van der Waals surface area contributed by atoms with E-state index in [0.717, 1.165) is 86.9 Å². The van der Waals surface area contributed by atoms with Gasteiger partial charge >= 0.3 is 0 Å². The summed E-state index contributed by atoms with van der Waals surface area (Å²) in [6.07, 6.45) is 6.96. The molecule has 17 heteroatoms. The Morgan fingerprint density at radius 1 is 1.04 bits per heavy atom. The summed E-state index contributed by atoms with van der Waals surface area (Å²) >= 11 is 10.2. The van der Waals surface area contributed by atoms with Crippen LogP contribution in [0.4, 0.5) is 0 Å². The van der Waals surface area contributed by atoms with Crippen molar-refractivity contribution >= 4 is 63.0 Å². The van der Waals surface area contributed by atoms with E-state index >= 15 is 0 Å². The monoisotopic (exact) mass is 831 g/mol. The Kier molecular flexibility index (Phi) is 15.3. The molecule has 6 rings (SSSR count). The standard InChI is InChI=1S/C21H40N8O2.C18H15Cl2NO3S/c22-17(4-3-9-26-20(23)24)18(30)28-14-12-27(13-15-28)16-5-10-29(11-6-16)19(31)21(25)7-1-2-8-21;1-10-8-11(2)21-18-12(10)4-3-5-15(18)24-9-13-14(19)6-7-16(17(13)20)25(22)23/h16-17H,1-15,22,25H2,(H4,23,24,26);3-8H,9H2,1-2H3,(H,22,23)/t17-;/m0./s1. The number of carbonyl (C=O) groups is 2. The molecule has 2 atom stereocenters. The minimum atomic E-state index is -2.19. The van der Waals surface area contributed by atoms with E-state index in [2.05, 4.69) is 14.9 Å². The number of aryl methyl sites for hydroxylation is 2. The summed E-state index contributed by atoms with van der Waals surface area (Å²) in [5.41, 5.74) is 25.7. The fourth-order valence-electron chi connectivity index (χ4n) is 7.82. The zero-order valence-corrected chi connectivity index (χ0v) is 34.6. The number of hydrogen-bond acceptors (Lipinski definition) is 9. The number of hydrogen-bond donors (Lipinski definition) is 5. The summed E-state index contributed by atoms with van der Waals surface area (Å²) in [6, 6.07) is 10.6. The highest BCUT2D eigenvalue weighted by molar-refractivity contribution is 7.79. The van der Waals surface area contributed by atoms with E-state index in [0.29, 0.717) is 54.9 Å². The number of piperazine rings is 1. The first kappa shape index (κ1) is 43.6. The minimum Gasteiger partial charge on any atom is -0.487 e. The Labute approximate surface area is 341 Å². The summed E-state index contributed by atoms with van der Waals surface area (Å²) in [6.45, 7) is 9.17. The second-order valence-corrected chi connectivity index (χ2v) is 16.6. The number of amides is 2. The highest BCUT2D eigenvalue weighted by Gasteiger charge is 2.41. The van der Waals surface area contributed by atoms with Gasteiger partial charge in [-0.05, 0) is 82.2 Å². The first-order chi connectivity index (χ1) is 26.7. The fraction of sp³-hybridized carbons (Fsp3) is 0.538. The van der Waals surface area contributed by atoms with E-state index in [-0.39, 0.29) is 34.3 Å². The molecule has 0 spiro atoms. The molecule has 56 heavy (non-hydrogen) atoms. The number of benzene rings is 2. The third kappa shape index (κ3) is 10.9. The Morgan fingerprint density at radius 2 is 1.71 bits per heavy atom. The molecule has 2 aliphatic heterocycles. The number of halogens is 2. The lowest BCUT2D eigenvalue weighted by Gasteiger charge is -2.44. The van der Waals surface area contributed by atoms with Gasteiger partial charge in [-0.1, -0.05) is 48.2 Å². The number of guanidine groups is 1. The van der Waals surface area contributed by atoms with E-state index < -0.39 is 22.7 Å². The Bertz CT molecular complexity index is 1910. The third-order valence-electron chi connectivity index (χ3n) is 10.9. The van der Waals surface area contributed by atoms with Crippen molar-refractivity contribution in [3.05, 3.63) is 63.3 Å². The number of aliphatic imine (C=N–C) groups is 1. The van der Waals surface area contributed by atoms with Crippen molar-refractivity contribution < 1.29 is 23.1 Å². The molecule has 306 valence electrons. The number of nitrogens with zero attached hydrogens (tertiary/aromatic N) is 5. The predicted molar refractivity (Wildman–Crippen MR) is 222 cm³/mol. The highest BCUT2D eigenvalue weighted by atomic mass is 35.5.